The van der Waals surface area contributed by atoms with Crippen LogP contribution in [-0.4, -0.2) is 50.7 Å². The van der Waals surface area contributed by atoms with E-state index >= 15 is 0 Å². The third-order valence-electron chi connectivity index (χ3n) is 4.96. The highest BCUT2D eigenvalue weighted by atomic mass is 16.5. The van der Waals surface area contributed by atoms with E-state index in [0.717, 1.165) is 48.9 Å². The highest BCUT2D eigenvalue weighted by Gasteiger charge is 2.22. The first kappa shape index (κ1) is 19.1. The van der Waals surface area contributed by atoms with Gasteiger partial charge in [-0.15, -0.1) is 0 Å². The van der Waals surface area contributed by atoms with Crippen LogP contribution in [-0.2, 0) is 4.79 Å². The Balaban J connectivity index is 1.47. The Labute approximate surface area is 161 Å². The molecule has 1 amide bonds. The third kappa shape index (κ3) is 4.73. The van der Waals surface area contributed by atoms with Gasteiger partial charge in [0.05, 0.1) is 25.8 Å². The predicted octanol–water partition coefficient (Wildman–Crippen LogP) is 3.43. The molecule has 1 heterocycles. The fourth-order valence-corrected chi connectivity index (χ4v) is 3.46. The van der Waals surface area contributed by atoms with Crippen LogP contribution in [0.5, 0.6) is 11.5 Å². The zero-order chi connectivity index (χ0) is 19.2. The minimum atomic E-state index is 0.152. The van der Waals surface area contributed by atoms with Gasteiger partial charge in [0.2, 0.25) is 5.91 Å². The molecule has 3 rings (SSSR count). The second-order valence-corrected chi connectivity index (χ2v) is 6.91. The third-order valence-corrected chi connectivity index (χ3v) is 4.96. The molecule has 0 bridgehead atoms. The standard InChI is InChI=1S/C22H28N2O3/c1-17-8-9-20(18(2)16-17)27-15-10-22(25)24-13-11-23(12-14-24)19-6-4-5-7-21(19)26-3/h4-9,16H,10-15H2,1-3H3. The fraction of sp³-hybridized carbons (Fsp3) is 0.409. The van der Waals surface area contributed by atoms with Crippen LogP contribution in [0.15, 0.2) is 42.5 Å². The minimum absolute atomic E-state index is 0.152. The molecular formula is C22H28N2O3. The monoisotopic (exact) mass is 368 g/mol. The van der Waals surface area contributed by atoms with Crippen molar-refractivity contribution < 1.29 is 14.3 Å². The van der Waals surface area contributed by atoms with Gasteiger partial charge in [0.25, 0.3) is 0 Å². The van der Waals surface area contributed by atoms with Crippen molar-refractivity contribution in [1.82, 2.24) is 4.90 Å². The zero-order valence-corrected chi connectivity index (χ0v) is 16.4. The van der Waals surface area contributed by atoms with Crippen LogP contribution in [0.3, 0.4) is 0 Å². The highest BCUT2D eigenvalue weighted by molar-refractivity contribution is 5.76. The number of benzene rings is 2. The summed E-state index contributed by atoms with van der Waals surface area (Å²) in [5.41, 5.74) is 3.40. The molecule has 5 heteroatoms. The molecule has 0 saturated carbocycles. The first-order chi connectivity index (χ1) is 13.1. The second-order valence-electron chi connectivity index (χ2n) is 6.91. The molecule has 0 radical (unpaired) electrons. The van der Waals surface area contributed by atoms with E-state index in [1.165, 1.54) is 5.56 Å². The number of nitrogens with zero attached hydrogens (tertiary/aromatic N) is 2. The lowest BCUT2D eigenvalue weighted by Gasteiger charge is -2.36. The number of hydrogen-bond acceptors (Lipinski definition) is 4. The molecule has 2 aromatic rings. The van der Waals surface area contributed by atoms with E-state index < -0.39 is 0 Å². The van der Waals surface area contributed by atoms with Crippen LogP contribution in [0, 0.1) is 13.8 Å². The molecule has 1 aliphatic heterocycles. The van der Waals surface area contributed by atoms with E-state index in [2.05, 4.69) is 24.0 Å². The van der Waals surface area contributed by atoms with Gasteiger partial charge in [0.1, 0.15) is 11.5 Å². The number of hydrogen-bond donors (Lipinski definition) is 0. The van der Waals surface area contributed by atoms with Crippen LogP contribution in [0.25, 0.3) is 0 Å². The number of carbonyl (C=O) groups excluding carboxylic acids is 1. The van der Waals surface area contributed by atoms with E-state index in [1.807, 2.05) is 42.2 Å². The van der Waals surface area contributed by atoms with E-state index in [1.54, 1.807) is 7.11 Å². The number of piperazine rings is 1. The number of aryl methyl sites for hydroxylation is 2. The van der Waals surface area contributed by atoms with Crippen LogP contribution >= 0.6 is 0 Å². The lowest BCUT2D eigenvalue weighted by atomic mass is 10.1. The molecule has 27 heavy (non-hydrogen) atoms. The maximum atomic E-state index is 12.5. The van der Waals surface area contributed by atoms with Crippen molar-refractivity contribution in [3.63, 3.8) is 0 Å². The van der Waals surface area contributed by atoms with E-state index in [0.29, 0.717) is 13.0 Å². The minimum Gasteiger partial charge on any atom is -0.495 e. The van der Waals surface area contributed by atoms with Crippen LogP contribution in [0.2, 0.25) is 0 Å². The SMILES string of the molecule is COc1ccccc1N1CCN(C(=O)CCOc2ccc(C)cc2C)CC1. The Hall–Kier alpha value is -2.69. The Morgan fingerprint density at radius 3 is 2.44 bits per heavy atom. The molecule has 1 saturated heterocycles. The molecular weight excluding hydrogens is 340 g/mol. The first-order valence-corrected chi connectivity index (χ1v) is 9.44. The van der Waals surface area contributed by atoms with Gasteiger partial charge < -0.3 is 19.3 Å². The largest absolute Gasteiger partial charge is 0.495 e. The quantitative estimate of drug-likeness (QED) is 0.783. The molecule has 2 aromatic carbocycles. The van der Waals surface area contributed by atoms with Gasteiger partial charge in [-0.2, -0.15) is 0 Å². The van der Waals surface area contributed by atoms with E-state index in [9.17, 15) is 4.79 Å². The predicted molar refractivity (Wildman–Crippen MR) is 108 cm³/mol. The molecule has 0 unspecified atom stereocenters. The zero-order valence-electron chi connectivity index (χ0n) is 16.4. The average molecular weight is 368 g/mol. The summed E-state index contributed by atoms with van der Waals surface area (Å²) in [6.07, 6.45) is 0.405. The first-order valence-electron chi connectivity index (χ1n) is 9.44. The normalized spacial score (nSPS) is 14.2. The second kappa shape index (κ2) is 8.80. The maximum absolute atomic E-state index is 12.5. The summed E-state index contributed by atoms with van der Waals surface area (Å²) in [6, 6.07) is 14.1. The topological polar surface area (TPSA) is 42.0 Å². The summed E-state index contributed by atoms with van der Waals surface area (Å²) in [4.78, 5) is 16.7. The number of para-hydroxylation sites is 2. The van der Waals surface area contributed by atoms with Crippen molar-refractivity contribution in [3.05, 3.63) is 53.6 Å². The number of rotatable bonds is 6. The van der Waals surface area contributed by atoms with Crippen molar-refractivity contribution >= 4 is 11.6 Å². The molecule has 0 spiro atoms. The number of carbonyl (C=O) groups is 1. The van der Waals surface area contributed by atoms with Gasteiger partial charge >= 0.3 is 0 Å². The molecule has 0 aliphatic carbocycles. The van der Waals surface area contributed by atoms with Gasteiger partial charge in [-0.3, -0.25) is 4.79 Å². The van der Waals surface area contributed by atoms with Crippen LogP contribution < -0.4 is 14.4 Å². The van der Waals surface area contributed by atoms with Crippen LogP contribution in [0.1, 0.15) is 17.5 Å². The van der Waals surface area contributed by atoms with Crippen molar-refractivity contribution in [1.29, 1.82) is 0 Å². The van der Waals surface area contributed by atoms with E-state index in [-0.39, 0.29) is 5.91 Å². The van der Waals surface area contributed by atoms with Crippen molar-refractivity contribution in [2.45, 2.75) is 20.3 Å². The molecule has 0 aromatic heterocycles. The fourth-order valence-electron chi connectivity index (χ4n) is 3.46. The van der Waals surface area contributed by atoms with Crippen LogP contribution in [0.4, 0.5) is 5.69 Å². The molecule has 0 atom stereocenters. The smallest absolute Gasteiger partial charge is 0.226 e. The van der Waals surface area contributed by atoms with Gasteiger partial charge in [-0.1, -0.05) is 29.8 Å². The van der Waals surface area contributed by atoms with E-state index in [4.69, 9.17) is 9.47 Å². The summed E-state index contributed by atoms with van der Waals surface area (Å²) in [5.74, 6) is 1.88. The van der Waals surface area contributed by atoms with Gasteiger partial charge in [0, 0.05) is 26.2 Å². The number of methoxy groups -OCH3 is 1. The molecule has 0 N–H and O–H groups in total. The summed E-state index contributed by atoms with van der Waals surface area (Å²) in [7, 11) is 1.69. The van der Waals surface area contributed by atoms with Gasteiger partial charge in [-0.25, -0.2) is 0 Å². The van der Waals surface area contributed by atoms with Gasteiger partial charge in [-0.05, 0) is 37.6 Å². The molecule has 144 valence electrons. The lowest BCUT2D eigenvalue weighted by molar-refractivity contribution is -0.132. The van der Waals surface area contributed by atoms with Crippen molar-refractivity contribution in [3.8, 4) is 11.5 Å². The highest BCUT2D eigenvalue weighted by Crippen LogP contribution is 2.28. The van der Waals surface area contributed by atoms with Crippen molar-refractivity contribution in [2.75, 3.05) is 44.8 Å². The Morgan fingerprint density at radius 2 is 1.74 bits per heavy atom. The lowest BCUT2D eigenvalue weighted by Crippen LogP contribution is -2.49. The van der Waals surface area contributed by atoms with Gasteiger partial charge in [0.15, 0.2) is 0 Å². The van der Waals surface area contributed by atoms with Crippen molar-refractivity contribution in [2.24, 2.45) is 0 Å². The molecule has 1 fully saturated rings. The molecule has 5 nitrogen and oxygen atoms in total. The number of ether oxygens (including phenoxy) is 2. The Kier molecular flexibility index (Phi) is 6.22. The number of anilines is 1. The summed E-state index contributed by atoms with van der Waals surface area (Å²) >= 11 is 0. The molecule has 1 aliphatic rings. The Bertz CT molecular complexity index is 783. The summed E-state index contributed by atoms with van der Waals surface area (Å²) in [6.45, 7) is 7.57. The Morgan fingerprint density at radius 1 is 1.00 bits per heavy atom. The summed E-state index contributed by atoms with van der Waals surface area (Å²) in [5, 5.41) is 0. The maximum Gasteiger partial charge on any atom is 0.226 e. The number of amides is 1. The average Bonchev–Trinajstić information content (AvgIpc) is 2.69. The summed E-state index contributed by atoms with van der Waals surface area (Å²) < 4.78 is 11.2.